The number of anilines is 1. The first-order valence-electron chi connectivity index (χ1n) is 12.9. The van der Waals surface area contributed by atoms with Crippen LogP contribution < -0.4 is 5.32 Å². The molecule has 2 N–H and O–H groups in total. The third kappa shape index (κ3) is 6.03. The molecule has 2 atom stereocenters. The molecule has 1 fully saturated rings. The predicted octanol–water partition coefficient (Wildman–Crippen LogP) is 3.37. The SMILES string of the molecule is CC(=O)c1nn(CC(=O)N2C[C@H](F)C[C@H]2C(=O)Nc2nc(Br)ccc2CC(=O)O)c2ccc(-c3cnc(C)nc3)cc12. The van der Waals surface area contributed by atoms with E-state index in [0.29, 0.717) is 21.3 Å². The minimum absolute atomic E-state index is 0.00503. The van der Waals surface area contributed by atoms with Gasteiger partial charge in [-0.05, 0) is 46.6 Å². The monoisotopic (exact) mass is 637 g/mol. The minimum atomic E-state index is -1.44. The number of rotatable bonds is 8. The Morgan fingerprint density at radius 3 is 2.55 bits per heavy atom. The van der Waals surface area contributed by atoms with E-state index in [4.69, 9.17) is 0 Å². The van der Waals surface area contributed by atoms with E-state index in [1.807, 2.05) is 0 Å². The summed E-state index contributed by atoms with van der Waals surface area (Å²) in [7, 11) is 0. The zero-order valence-corrected chi connectivity index (χ0v) is 24.1. The molecule has 1 aliphatic heterocycles. The lowest BCUT2D eigenvalue weighted by molar-refractivity contribution is -0.137. The molecule has 0 radical (unpaired) electrons. The van der Waals surface area contributed by atoms with E-state index >= 15 is 0 Å². The molecule has 1 aromatic carbocycles. The lowest BCUT2D eigenvalue weighted by Crippen LogP contribution is -2.44. The third-order valence-electron chi connectivity index (χ3n) is 6.88. The molecule has 5 rings (SSSR count). The first kappa shape index (κ1) is 28.9. The smallest absolute Gasteiger partial charge is 0.307 e. The summed E-state index contributed by atoms with van der Waals surface area (Å²) in [4.78, 5) is 64.1. The van der Waals surface area contributed by atoms with Gasteiger partial charge in [0.05, 0.1) is 18.5 Å². The molecule has 0 unspecified atom stereocenters. The summed E-state index contributed by atoms with van der Waals surface area (Å²) in [6, 6.07) is 7.19. The number of carboxylic acid groups (broad SMARTS) is 1. The molecule has 1 saturated heterocycles. The molecule has 216 valence electrons. The Bertz CT molecular complexity index is 1730. The minimum Gasteiger partial charge on any atom is -0.481 e. The van der Waals surface area contributed by atoms with Crippen molar-refractivity contribution < 1.29 is 28.7 Å². The van der Waals surface area contributed by atoms with Crippen LogP contribution in [0.3, 0.4) is 0 Å². The van der Waals surface area contributed by atoms with Gasteiger partial charge in [-0.25, -0.2) is 19.3 Å². The number of Topliss-reactive ketones (excluding diaryl/α,β-unsaturated/α-hetero) is 1. The Balaban J connectivity index is 1.40. The summed E-state index contributed by atoms with van der Waals surface area (Å²) in [5, 5.41) is 16.7. The second-order valence-corrected chi connectivity index (χ2v) is 10.7. The molecule has 0 aliphatic carbocycles. The summed E-state index contributed by atoms with van der Waals surface area (Å²) in [5.74, 6) is -2.06. The van der Waals surface area contributed by atoms with Gasteiger partial charge in [-0.3, -0.25) is 23.9 Å². The van der Waals surface area contributed by atoms with E-state index in [1.54, 1.807) is 37.5 Å². The number of nitrogens with one attached hydrogen (secondary N) is 1. The van der Waals surface area contributed by atoms with Crippen LogP contribution in [-0.2, 0) is 27.3 Å². The fourth-order valence-electron chi connectivity index (χ4n) is 4.89. The van der Waals surface area contributed by atoms with Gasteiger partial charge in [-0.2, -0.15) is 5.10 Å². The number of halogens is 2. The zero-order valence-electron chi connectivity index (χ0n) is 22.5. The highest BCUT2D eigenvalue weighted by Gasteiger charge is 2.40. The van der Waals surface area contributed by atoms with Gasteiger partial charge in [0.2, 0.25) is 11.8 Å². The van der Waals surface area contributed by atoms with Crippen molar-refractivity contribution in [1.82, 2.24) is 29.6 Å². The van der Waals surface area contributed by atoms with E-state index < -0.39 is 36.4 Å². The number of aromatic nitrogens is 5. The number of ketones is 1. The number of nitrogens with zero attached hydrogens (tertiary/aromatic N) is 6. The Morgan fingerprint density at radius 2 is 1.86 bits per heavy atom. The lowest BCUT2D eigenvalue weighted by Gasteiger charge is -2.24. The molecule has 14 heteroatoms. The Hall–Kier alpha value is -4.59. The highest BCUT2D eigenvalue weighted by atomic mass is 79.9. The van der Waals surface area contributed by atoms with Crippen molar-refractivity contribution in [2.75, 3.05) is 11.9 Å². The summed E-state index contributed by atoms with van der Waals surface area (Å²) in [6.07, 6.45) is 1.27. The standard InChI is InChI=1S/C28H25BrFN7O5/c1-14(38)26-20-7-16(18-10-31-15(2)32-11-18)3-5-21(20)37(35-26)13-24(39)36-12-19(30)9-22(36)28(42)34-27-17(8-25(40)41)4-6-23(29)33-27/h3-7,10-11,19,22H,8-9,12-13H2,1-2H3,(H,40,41)(H,33,34,42)/t19-,22+/m1/s1. The molecule has 2 amide bonds. The molecule has 4 heterocycles. The van der Waals surface area contributed by atoms with Crippen LogP contribution >= 0.6 is 15.9 Å². The number of fused-ring (bicyclic) bond motifs is 1. The second-order valence-electron chi connectivity index (χ2n) is 9.91. The van der Waals surface area contributed by atoms with Crippen molar-refractivity contribution in [3.63, 3.8) is 0 Å². The molecule has 0 spiro atoms. The van der Waals surface area contributed by atoms with Crippen LogP contribution in [0.1, 0.15) is 35.2 Å². The van der Waals surface area contributed by atoms with Crippen molar-refractivity contribution >= 4 is 56.2 Å². The molecular weight excluding hydrogens is 613 g/mol. The number of carboxylic acids is 1. The van der Waals surface area contributed by atoms with E-state index in [-0.39, 0.29) is 42.4 Å². The van der Waals surface area contributed by atoms with Gasteiger partial charge in [-0.1, -0.05) is 12.1 Å². The van der Waals surface area contributed by atoms with Crippen molar-refractivity contribution in [3.05, 3.63) is 64.4 Å². The van der Waals surface area contributed by atoms with Gasteiger partial charge in [0.15, 0.2) is 5.78 Å². The number of alkyl halides is 1. The van der Waals surface area contributed by atoms with Gasteiger partial charge in [0.1, 0.15) is 40.7 Å². The average molecular weight is 638 g/mol. The van der Waals surface area contributed by atoms with Crippen molar-refractivity contribution in [1.29, 1.82) is 0 Å². The van der Waals surface area contributed by atoms with E-state index in [2.05, 4.69) is 41.3 Å². The maximum Gasteiger partial charge on any atom is 0.307 e. The van der Waals surface area contributed by atoms with Gasteiger partial charge < -0.3 is 15.3 Å². The van der Waals surface area contributed by atoms with E-state index in [0.717, 1.165) is 16.0 Å². The summed E-state index contributed by atoms with van der Waals surface area (Å²) < 4.78 is 16.3. The average Bonchev–Trinajstić information content (AvgIpc) is 3.51. The first-order chi connectivity index (χ1) is 20.0. The third-order valence-corrected chi connectivity index (χ3v) is 7.33. The van der Waals surface area contributed by atoms with Gasteiger partial charge in [0.25, 0.3) is 0 Å². The van der Waals surface area contributed by atoms with Crippen LogP contribution in [0, 0.1) is 6.92 Å². The number of likely N-dealkylation sites (tertiary alicyclic amines) is 1. The molecule has 3 aromatic heterocycles. The highest BCUT2D eigenvalue weighted by Crippen LogP contribution is 2.28. The van der Waals surface area contributed by atoms with Crippen molar-refractivity contribution in [2.24, 2.45) is 0 Å². The number of hydrogen-bond donors (Lipinski definition) is 2. The number of carbonyl (C=O) groups is 4. The van der Waals surface area contributed by atoms with E-state index in [1.165, 1.54) is 23.7 Å². The van der Waals surface area contributed by atoms with E-state index in [9.17, 15) is 28.7 Å². The largest absolute Gasteiger partial charge is 0.481 e. The van der Waals surface area contributed by atoms with Gasteiger partial charge in [-0.15, -0.1) is 0 Å². The number of pyridine rings is 1. The highest BCUT2D eigenvalue weighted by molar-refractivity contribution is 9.10. The fourth-order valence-corrected chi connectivity index (χ4v) is 5.20. The first-order valence-corrected chi connectivity index (χ1v) is 13.7. The fraction of sp³-hybridized carbons (Fsp3) is 0.286. The van der Waals surface area contributed by atoms with Crippen LogP contribution in [0.15, 0.2) is 47.3 Å². The molecule has 0 saturated carbocycles. The Morgan fingerprint density at radius 1 is 1.12 bits per heavy atom. The summed E-state index contributed by atoms with van der Waals surface area (Å²) in [6.45, 7) is 2.50. The van der Waals surface area contributed by atoms with Crippen molar-refractivity contribution in [2.45, 2.75) is 45.4 Å². The number of benzene rings is 1. The molecule has 4 aromatic rings. The number of carbonyl (C=O) groups excluding carboxylic acids is 3. The number of amides is 2. The second kappa shape index (κ2) is 11.7. The van der Waals surface area contributed by atoms with Crippen LogP contribution in [0.4, 0.5) is 10.2 Å². The van der Waals surface area contributed by atoms with Crippen LogP contribution in [0.2, 0.25) is 0 Å². The maximum atomic E-state index is 14.6. The van der Waals surface area contributed by atoms with Gasteiger partial charge >= 0.3 is 5.97 Å². The Labute approximate surface area is 247 Å². The molecule has 12 nitrogen and oxygen atoms in total. The molecule has 0 bridgehead atoms. The number of aryl methyl sites for hydroxylation is 1. The quantitative estimate of drug-likeness (QED) is 0.218. The number of aliphatic carboxylic acids is 1. The Kier molecular flexibility index (Phi) is 8.07. The summed E-state index contributed by atoms with van der Waals surface area (Å²) in [5.41, 5.74) is 2.43. The predicted molar refractivity (Wildman–Crippen MR) is 152 cm³/mol. The number of hydrogen-bond acceptors (Lipinski definition) is 8. The van der Waals surface area contributed by atoms with Crippen LogP contribution in [-0.4, -0.2) is 77.1 Å². The normalized spacial score (nSPS) is 16.5. The topological polar surface area (TPSA) is 160 Å². The van der Waals surface area contributed by atoms with Crippen LogP contribution in [0.5, 0.6) is 0 Å². The molecular formula is C28H25BrFN7O5. The van der Waals surface area contributed by atoms with Crippen molar-refractivity contribution in [3.8, 4) is 11.1 Å². The zero-order chi connectivity index (χ0) is 30.1. The van der Waals surface area contributed by atoms with Gasteiger partial charge in [0, 0.05) is 42.3 Å². The maximum absolute atomic E-state index is 14.6. The molecule has 42 heavy (non-hydrogen) atoms. The lowest BCUT2D eigenvalue weighted by atomic mass is 10.0. The summed E-state index contributed by atoms with van der Waals surface area (Å²) >= 11 is 3.20. The molecule has 1 aliphatic rings. The van der Waals surface area contributed by atoms with Crippen LogP contribution in [0.25, 0.3) is 22.0 Å².